The zero-order valence-corrected chi connectivity index (χ0v) is 13.9. The number of thioether (sulfide) groups is 1. The molecular weight excluding hydrogens is 306 g/mol. The molecule has 7 heteroatoms. The second kappa shape index (κ2) is 6.46. The monoisotopic (exact) mass is 329 g/mol. The highest BCUT2D eigenvalue weighted by Crippen LogP contribution is 2.39. The van der Waals surface area contributed by atoms with Crippen LogP contribution in [0.1, 0.15) is 32.1 Å². The van der Waals surface area contributed by atoms with Crippen LogP contribution in [0.5, 0.6) is 0 Å². The summed E-state index contributed by atoms with van der Waals surface area (Å²) in [6, 6.07) is 4.58. The molecule has 118 valence electrons. The summed E-state index contributed by atoms with van der Waals surface area (Å²) in [5.41, 5.74) is 7.10. The van der Waals surface area contributed by atoms with Gasteiger partial charge in [0.25, 0.3) is 0 Å². The van der Waals surface area contributed by atoms with E-state index in [0.717, 1.165) is 12.2 Å². The van der Waals surface area contributed by atoms with Gasteiger partial charge in [-0.05, 0) is 37.3 Å². The Morgan fingerprint density at radius 3 is 2.48 bits per heavy atom. The third kappa shape index (κ3) is 4.05. The SMILES string of the molecule is CSC1(CNc2ccc(S(N)(=O)=O)cc2N)CCCCC1. The molecular formula is C14H23N3O2S2. The van der Waals surface area contributed by atoms with Gasteiger partial charge >= 0.3 is 0 Å². The first-order valence-corrected chi connectivity index (χ1v) is 9.85. The summed E-state index contributed by atoms with van der Waals surface area (Å²) in [4.78, 5) is 0.0443. The lowest BCUT2D eigenvalue weighted by Crippen LogP contribution is -2.35. The second-order valence-electron chi connectivity index (χ2n) is 5.60. The van der Waals surface area contributed by atoms with Gasteiger partial charge in [-0.1, -0.05) is 19.3 Å². The van der Waals surface area contributed by atoms with Crippen molar-refractivity contribution in [3.05, 3.63) is 18.2 Å². The molecule has 0 bridgehead atoms. The number of rotatable bonds is 5. The maximum absolute atomic E-state index is 11.3. The van der Waals surface area contributed by atoms with E-state index in [-0.39, 0.29) is 9.64 Å². The minimum absolute atomic E-state index is 0.0443. The smallest absolute Gasteiger partial charge is 0.238 e. The Morgan fingerprint density at radius 2 is 1.95 bits per heavy atom. The Hall–Kier alpha value is -0.920. The predicted octanol–water partition coefficient (Wildman–Crippen LogP) is 2.39. The molecule has 5 nitrogen and oxygen atoms in total. The standard InChI is InChI=1S/C14H23N3O2S2/c1-20-14(7-3-2-4-8-14)10-17-13-6-5-11(9-12(13)15)21(16,18)19/h5-6,9,17H,2-4,7-8,10,15H2,1H3,(H2,16,18,19). The molecule has 0 unspecified atom stereocenters. The molecule has 0 radical (unpaired) electrons. The summed E-state index contributed by atoms with van der Waals surface area (Å²) in [6.07, 6.45) is 8.41. The number of nitrogens with one attached hydrogen (secondary N) is 1. The summed E-state index contributed by atoms with van der Waals surface area (Å²) in [5, 5.41) is 8.47. The number of nitrogens with two attached hydrogens (primary N) is 2. The van der Waals surface area contributed by atoms with Gasteiger partial charge < -0.3 is 11.1 Å². The minimum atomic E-state index is -3.71. The summed E-state index contributed by atoms with van der Waals surface area (Å²) < 4.78 is 22.8. The van der Waals surface area contributed by atoms with E-state index in [2.05, 4.69) is 11.6 Å². The third-order valence-electron chi connectivity index (χ3n) is 4.15. The first-order valence-electron chi connectivity index (χ1n) is 7.08. The van der Waals surface area contributed by atoms with E-state index in [1.165, 1.54) is 44.2 Å². The second-order valence-corrected chi connectivity index (χ2v) is 8.43. The average molecular weight is 329 g/mol. The highest BCUT2D eigenvalue weighted by atomic mass is 32.2. The van der Waals surface area contributed by atoms with Crippen molar-refractivity contribution in [1.29, 1.82) is 0 Å². The fourth-order valence-electron chi connectivity index (χ4n) is 2.78. The van der Waals surface area contributed by atoms with Crippen LogP contribution in [0.2, 0.25) is 0 Å². The van der Waals surface area contributed by atoms with Crippen LogP contribution < -0.4 is 16.2 Å². The number of sulfonamides is 1. The lowest BCUT2D eigenvalue weighted by Gasteiger charge is -2.36. The zero-order chi connectivity index (χ0) is 15.5. The number of nitrogen functional groups attached to an aromatic ring is 1. The summed E-state index contributed by atoms with van der Waals surface area (Å²) in [7, 11) is -3.71. The third-order valence-corrected chi connectivity index (χ3v) is 6.48. The van der Waals surface area contributed by atoms with Crippen molar-refractivity contribution in [3.8, 4) is 0 Å². The Morgan fingerprint density at radius 1 is 1.29 bits per heavy atom. The lowest BCUT2D eigenvalue weighted by atomic mass is 9.88. The summed E-state index contributed by atoms with van der Waals surface area (Å²) >= 11 is 1.91. The summed E-state index contributed by atoms with van der Waals surface area (Å²) in [5.74, 6) is 0. The van der Waals surface area contributed by atoms with Crippen molar-refractivity contribution in [2.75, 3.05) is 23.9 Å². The van der Waals surface area contributed by atoms with Crippen LogP contribution in [0, 0.1) is 0 Å². The first kappa shape index (κ1) is 16.5. The van der Waals surface area contributed by atoms with Crippen LogP contribution in [0.25, 0.3) is 0 Å². The van der Waals surface area contributed by atoms with E-state index in [1.54, 1.807) is 6.07 Å². The van der Waals surface area contributed by atoms with Crippen molar-refractivity contribution in [1.82, 2.24) is 0 Å². The highest BCUT2D eigenvalue weighted by Gasteiger charge is 2.30. The molecule has 0 saturated heterocycles. The molecule has 21 heavy (non-hydrogen) atoms. The van der Waals surface area contributed by atoms with Crippen molar-refractivity contribution < 1.29 is 8.42 Å². The molecule has 0 amide bonds. The first-order chi connectivity index (χ1) is 9.86. The van der Waals surface area contributed by atoms with Gasteiger partial charge in [0.15, 0.2) is 0 Å². The predicted molar refractivity (Wildman–Crippen MR) is 90.0 cm³/mol. The number of hydrogen-bond acceptors (Lipinski definition) is 5. The molecule has 1 saturated carbocycles. The van der Waals surface area contributed by atoms with Gasteiger partial charge in [-0.3, -0.25) is 0 Å². The van der Waals surface area contributed by atoms with Gasteiger partial charge in [0.2, 0.25) is 10.0 Å². The topological polar surface area (TPSA) is 98.2 Å². The van der Waals surface area contributed by atoms with Gasteiger partial charge in [0, 0.05) is 11.3 Å². The van der Waals surface area contributed by atoms with Crippen LogP contribution in [0.4, 0.5) is 11.4 Å². The lowest BCUT2D eigenvalue weighted by molar-refractivity contribution is 0.411. The maximum Gasteiger partial charge on any atom is 0.238 e. The normalized spacial score (nSPS) is 18.4. The molecule has 0 heterocycles. The van der Waals surface area contributed by atoms with Gasteiger partial charge in [-0.2, -0.15) is 11.8 Å². The largest absolute Gasteiger partial charge is 0.397 e. The molecule has 0 aromatic heterocycles. The van der Waals surface area contributed by atoms with Crippen LogP contribution in [-0.4, -0.2) is 26.0 Å². The number of primary sulfonamides is 1. The summed E-state index contributed by atoms with van der Waals surface area (Å²) in [6.45, 7) is 0.840. The molecule has 1 aromatic carbocycles. The Labute approximate surface area is 130 Å². The fraction of sp³-hybridized carbons (Fsp3) is 0.571. The Bertz CT molecular complexity index is 596. The Kier molecular flexibility index (Phi) is 5.06. The van der Waals surface area contributed by atoms with Gasteiger partial charge in [0.1, 0.15) is 0 Å². The zero-order valence-electron chi connectivity index (χ0n) is 12.3. The molecule has 1 aliphatic rings. The van der Waals surface area contributed by atoms with Gasteiger partial charge in [-0.15, -0.1) is 0 Å². The van der Waals surface area contributed by atoms with Gasteiger partial charge in [-0.25, -0.2) is 13.6 Å². The van der Waals surface area contributed by atoms with Crippen molar-refractivity contribution in [2.45, 2.75) is 41.7 Å². The van der Waals surface area contributed by atoms with Crippen LogP contribution in [0.3, 0.4) is 0 Å². The quantitative estimate of drug-likeness (QED) is 0.721. The van der Waals surface area contributed by atoms with Crippen molar-refractivity contribution in [2.24, 2.45) is 5.14 Å². The molecule has 0 aliphatic heterocycles. The molecule has 2 rings (SSSR count). The van der Waals surface area contributed by atoms with E-state index >= 15 is 0 Å². The molecule has 1 aliphatic carbocycles. The van der Waals surface area contributed by atoms with Gasteiger partial charge in [0.05, 0.1) is 16.3 Å². The average Bonchev–Trinajstić information content (AvgIpc) is 2.46. The molecule has 0 spiro atoms. The van der Waals surface area contributed by atoms with Crippen LogP contribution in [-0.2, 0) is 10.0 Å². The van der Waals surface area contributed by atoms with E-state index in [4.69, 9.17) is 10.9 Å². The molecule has 1 fully saturated rings. The van der Waals surface area contributed by atoms with Crippen molar-refractivity contribution in [3.63, 3.8) is 0 Å². The molecule has 5 N–H and O–H groups in total. The van der Waals surface area contributed by atoms with E-state index < -0.39 is 10.0 Å². The number of anilines is 2. The Balaban J connectivity index is 2.09. The molecule has 1 aromatic rings. The van der Waals surface area contributed by atoms with Crippen LogP contribution in [0.15, 0.2) is 23.1 Å². The van der Waals surface area contributed by atoms with E-state index in [9.17, 15) is 8.42 Å². The maximum atomic E-state index is 11.3. The van der Waals surface area contributed by atoms with Crippen LogP contribution >= 0.6 is 11.8 Å². The minimum Gasteiger partial charge on any atom is -0.397 e. The highest BCUT2D eigenvalue weighted by molar-refractivity contribution is 8.00. The number of benzene rings is 1. The molecule has 0 atom stereocenters. The fourth-order valence-corrected chi connectivity index (χ4v) is 4.25. The number of hydrogen-bond donors (Lipinski definition) is 3. The van der Waals surface area contributed by atoms with E-state index in [1.807, 2.05) is 11.8 Å². The van der Waals surface area contributed by atoms with E-state index in [0.29, 0.717) is 5.69 Å². The van der Waals surface area contributed by atoms with Crippen molar-refractivity contribution >= 4 is 33.2 Å².